The SMILES string of the molecule is Br.CN1CCC2(c3ccccc3)CCCC1C2. The van der Waals surface area contributed by atoms with E-state index >= 15 is 0 Å². The highest BCUT2D eigenvalue weighted by Gasteiger charge is 2.42. The highest BCUT2D eigenvalue weighted by Crippen LogP contribution is 2.46. The van der Waals surface area contributed by atoms with Crippen LogP contribution >= 0.6 is 17.0 Å². The van der Waals surface area contributed by atoms with E-state index in [0.29, 0.717) is 5.41 Å². The van der Waals surface area contributed by atoms with E-state index in [1.807, 2.05) is 0 Å². The van der Waals surface area contributed by atoms with Crippen molar-refractivity contribution in [3.63, 3.8) is 0 Å². The fraction of sp³-hybridized carbons (Fsp3) is 0.600. The molecule has 3 rings (SSSR count). The van der Waals surface area contributed by atoms with Gasteiger partial charge in [-0.1, -0.05) is 36.8 Å². The molecule has 2 aliphatic rings. The number of piperidine rings is 1. The summed E-state index contributed by atoms with van der Waals surface area (Å²) in [4.78, 5) is 2.57. The number of hydrogen-bond acceptors (Lipinski definition) is 1. The third kappa shape index (κ3) is 2.30. The van der Waals surface area contributed by atoms with Crippen molar-refractivity contribution < 1.29 is 0 Å². The van der Waals surface area contributed by atoms with Crippen LogP contribution < -0.4 is 0 Å². The maximum absolute atomic E-state index is 2.57. The summed E-state index contributed by atoms with van der Waals surface area (Å²) in [5.74, 6) is 0. The van der Waals surface area contributed by atoms with E-state index in [2.05, 4.69) is 42.3 Å². The minimum absolute atomic E-state index is 0. The van der Waals surface area contributed by atoms with Gasteiger partial charge in [-0.15, -0.1) is 17.0 Å². The predicted molar refractivity (Wildman–Crippen MR) is 77.9 cm³/mol. The third-order valence-corrected chi connectivity index (χ3v) is 4.77. The van der Waals surface area contributed by atoms with Crippen LogP contribution in [0.25, 0.3) is 0 Å². The molecule has 17 heavy (non-hydrogen) atoms. The second kappa shape index (κ2) is 5.11. The Morgan fingerprint density at radius 1 is 1.18 bits per heavy atom. The molecule has 1 aliphatic heterocycles. The van der Waals surface area contributed by atoms with Gasteiger partial charge in [-0.2, -0.15) is 0 Å². The normalized spacial score (nSPS) is 32.9. The molecule has 1 aromatic rings. The number of hydrogen-bond donors (Lipinski definition) is 0. The quantitative estimate of drug-likeness (QED) is 0.762. The van der Waals surface area contributed by atoms with Crippen LogP contribution in [0.1, 0.15) is 37.7 Å². The topological polar surface area (TPSA) is 3.24 Å². The second-order valence-corrected chi connectivity index (χ2v) is 5.63. The van der Waals surface area contributed by atoms with Gasteiger partial charge in [0.25, 0.3) is 0 Å². The number of halogens is 1. The summed E-state index contributed by atoms with van der Waals surface area (Å²) in [7, 11) is 2.30. The van der Waals surface area contributed by atoms with Crippen LogP contribution in [0.4, 0.5) is 0 Å². The lowest BCUT2D eigenvalue weighted by atomic mass is 9.63. The van der Waals surface area contributed by atoms with Crippen molar-refractivity contribution in [2.75, 3.05) is 13.6 Å². The van der Waals surface area contributed by atoms with Crippen molar-refractivity contribution in [2.24, 2.45) is 0 Å². The first-order valence-corrected chi connectivity index (χ1v) is 6.56. The molecule has 1 aromatic carbocycles. The van der Waals surface area contributed by atoms with E-state index in [1.54, 1.807) is 5.56 Å². The largest absolute Gasteiger partial charge is 0.303 e. The average Bonchev–Trinajstić information content (AvgIpc) is 2.36. The van der Waals surface area contributed by atoms with Gasteiger partial charge in [-0.3, -0.25) is 0 Å². The van der Waals surface area contributed by atoms with Crippen LogP contribution in [-0.2, 0) is 5.41 Å². The number of nitrogens with zero attached hydrogens (tertiary/aromatic N) is 1. The van der Waals surface area contributed by atoms with Crippen molar-refractivity contribution >= 4 is 17.0 Å². The number of fused-ring (bicyclic) bond motifs is 2. The zero-order chi connectivity index (χ0) is 11.0. The molecule has 2 heteroatoms. The highest BCUT2D eigenvalue weighted by atomic mass is 79.9. The molecule has 0 aromatic heterocycles. The minimum Gasteiger partial charge on any atom is -0.303 e. The number of benzene rings is 1. The van der Waals surface area contributed by atoms with Gasteiger partial charge in [0.2, 0.25) is 0 Å². The Morgan fingerprint density at radius 3 is 2.71 bits per heavy atom. The molecule has 0 radical (unpaired) electrons. The molecular weight excluding hydrogens is 274 g/mol. The monoisotopic (exact) mass is 295 g/mol. The first-order valence-electron chi connectivity index (χ1n) is 6.56. The Balaban J connectivity index is 0.00000108. The smallest absolute Gasteiger partial charge is 0.0101 e. The Morgan fingerprint density at radius 2 is 1.94 bits per heavy atom. The lowest BCUT2D eigenvalue weighted by Gasteiger charge is -2.49. The van der Waals surface area contributed by atoms with Crippen molar-refractivity contribution in [3.8, 4) is 0 Å². The first kappa shape index (κ1) is 13.1. The zero-order valence-corrected chi connectivity index (χ0v) is 12.3. The van der Waals surface area contributed by atoms with Crippen LogP contribution in [0, 0.1) is 0 Å². The molecule has 0 amide bonds. The van der Waals surface area contributed by atoms with Gasteiger partial charge in [0.1, 0.15) is 0 Å². The van der Waals surface area contributed by atoms with Crippen molar-refractivity contribution in [2.45, 2.75) is 43.6 Å². The Kier molecular flexibility index (Phi) is 3.94. The van der Waals surface area contributed by atoms with E-state index in [9.17, 15) is 0 Å². The Hall–Kier alpha value is -0.340. The fourth-order valence-electron chi connectivity index (χ4n) is 3.71. The summed E-state index contributed by atoms with van der Waals surface area (Å²) in [6.07, 6.45) is 6.95. The lowest BCUT2D eigenvalue weighted by molar-refractivity contribution is 0.0720. The second-order valence-electron chi connectivity index (χ2n) is 5.63. The molecule has 2 bridgehead atoms. The number of likely N-dealkylation sites (tertiary alicyclic amines) is 1. The van der Waals surface area contributed by atoms with Gasteiger partial charge in [0.05, 0.1) is 0 Å². The molecule has 2 fully saturated rings. The fourth-order valence-corrected chi connectivity index (χ4v) is 3.71. The van der Waals surface area contributed by atoms with Crippen LogP contribution in [0.15, 0.2) is 30.3 Å². The van der Waals surface area contributed by atoms with Gasteiger partial charge in [-0.25, -0.2) is 0 Å². The van der Waals surface area contributed by atoms with Crippen molar-refractivity contribution in [3.05, 3.63) is 35.9 Å². The zero-order valence-electron chi connectivity index (χ0n) is 10.6. The summed E-state index contributed by atoms with van der Waals surface area (Å²) in [5, 5.41) is 0. The lowest BCUT2D eigenvalue weighted by Crippen LogP contribution is -2.50. The minimum atomic E-state index is 0. The van der Waals surface area contributed by atoms with Gasteiger partial charge < -0.3 is 4.90 Å². The van der Waals surface area contributed by atoms with Gasteiger partial charge >= 0.3 is 0 Å². The van der Waals surface area contributed by atoms with Crippen LogP contribution in [-0.4, -0.2) is 24.5 Å². The average molecular weight is 296 g/mol. The van der Waals surface area contributed by atoms with E-state index in [-0.39, 0.29) is 17.0 Å². The van der Waals surface area contributed by atoms with Crippen LogP contribution in [0.2, 0.25) is 0 Å². The summed E-state index contributed by atoms with van der Waals surface area (Å²) < 4.78 is 0. The summed E-state index contributed by atoms with van der Waals surface area (Å²) in [6, 6.07) is 12.1. The molecule has 1 saturated carbocycles. The van der Waals surface area contributed by atoms with Gasteiger partial charge in [0.15, 0.2) is 0 Å². The molecule has 2 atom stereocenters. The molecule has 1 aliphatic carbocycles. The standard InChI is InChI=1S/C15H21N.BrH/c1-16-11-10-15(9-5-8-14(16)12-15)13-6-3-2-4-7-13;/h2-4,6-7,14H,5,8-12H2,1H3;1H. The molecule has 1 saturated heterocycles. The highest BCUT2D eigenvalue weighted by molar-refractivity contribution is 8.93. The molecular formula is C15H22BrN. The Bertz CT molecular complexity index is 364. The van der Waals surface area contributed by atoms with Crippen LogP contribution in [0.3, 0.4) is 0 Å². The van der Waals surface area contributed by atoms with Crippen molar-refractivity contribution in [1.82, 2.24) is 4.90 Å². The van der Waals surface area contributed by atoms with E-state index < -0.39 is 0 Å². The molecule has 2 unspecified atom stereocenters. The van der Waals surface area contributed by atoms with E-state index in [1.165, 1.54) is 38.6 Å². The molecule has 0 spiro atoms. The summed E-state index contributed by atoms with van der Waals surface area (Å²) in [6.45, 7) is 1.28. The third-order valence-electron chi connectivity index (χ3n) is 4.77. The molecule has 1 heterocycles. The molecule has 1 nitrogen and oxygen atoms in total. The summed E-state index contributed by atoms with van der Waals surface area (Å²) >= 11 is 0. The summed E-state index contributed by atoms with van der Waals surface area (Å²) in [5.41, 5.74) is 2.10. The van der Waals surface area contributed by atoms with Crippen LogP contribution in [0.5, 0.6) is 0 Å². The Labute approximate surface area is 115 Å². The van der Waals surface area contributed by atoms with E-state index in [4.69, 9.17) is 0 Å². The van der Waals surface area contributed by atoms with Crippen molar-refractivity contribution in [1.29, 1.82) is 0 Å². The maximum Gasteiger partial charge on any atom is 0.0101 e. The maximum atomic E-state index is 2.57. The number of rotatable bonds is 1. The van der Waals surface area contributed by atoms with Gasteiger partial charge in [-0.05, 0) is 50.3 Å². The molecule has 94 valence electrons. The molecule has 0 N–H and O–H groups in total. The predicted octanol–water partition coefficient (Wildman–Crippen LogP) is 3.78. The van der Waals surface area contributed by atoms with Gasteiger partial charge in [0, 0.05) is 6.04 Å². The first-order chi connectivity index (χ1) is 7.80. The van der Waals surface area contributed by atoms with E-state index in [0.717, 1.165) is 6.04 Å².